The minimum absolute atomic E-state index is 0.0443. The lowest BCUT2D eigenvalue weighted by molar-refractivity contribution is -0.328. The first kappa shape index (κ1) is 27.9. The molecule has 4 aromatic carbocycles. The minimum atomic E-state index is -1.61. The molecule has 0 amide bonds. The fraction of sp³-hybridized carbons (Fsp3) is 0.188. The van der Waals surface area contributed by atoms with E-state index in [1.807, 2.05) is 22.6 Å². The van der Waals surface area contributed by atoms with Gasteiger partial charge in [0.2, 0.25) is 17.4 Å². The zero-order valence-electron chi connectivity index (χ0n) is 21.5. The van der Waals surface area contributed by atoms with E-state index in [0.717, 1.165) is 11.1 Å². The van der Waals surface area contributed by atoms with E-state index in [2.05, 4.69) is 82.8 Å². The van der Waals surface area contributed by atoms with Gasteiger partial charge in [-0.3, -0.25) is 0 Å². The first-order valence-electron chi connectivity index (χ1n) is 12.0. The Morgan fingerprint density at radius 1 is 0.605 bits per heavy atom. The molecule has 4 rings (SSSR count). The molecule has 0 atom stereocenters. The Bertz CT molecular complexity index is 1440. The van der Waals surface area contributed by atoms with Gasteiger partial charge in [-0.1, -0.05) is 88.9 Å². The third kappa shape index (κ3) is 5.10. The molecule has 0 aromatic heterocycles. The van der Waals surface area contributed by atoms with Gasteiger partial charge in [0.05, 0.1) is 5.56 Å². The van der Waals surface area contributed by atoms with Crippen molar-refractivity contribution >= 4 is 6.08 Å². The topological polar surface area (TPSA) is 9.23 Å². The van der Waals surface area contributed by atoms with Crippen molar-refractivity contribution in [3.8, 4) is 11.5 Å². The van der Waals surface area contributed by atoms with Crippen LogP contribution in [0.3, 0.4) is 0 Å². The molecular formula is C32H28F4IO+. The van der Waals surface area contributed by atoms with Crippen molar-refractivity contribution in [1.29, 1.82) is 0 Å². The van der Waals surface area contributed by atoms with E-state index in [1.165, 1.54) is 26.8 Å². The molecule has 0 radical (unpaired) electrons. The predicted octanol–water partition coefficient (Wildman–Crippen LogP) is 5.79. The van der Waals surface area contributed by atoms with Crippen molar-refractivity contribution in [3.05, 3.63) is 134 Å². The Morgan fingerprint density at radius 3 is 1.32 bits per heavy atom. The summed E-state index contributed by atoms with van der Waals surface area (Å²) in [4.78, 5) is 0. The Kier molecular flexibility index (Phi) is 7.75. The average Bonchev–Trinajstić information content (AvgIpc) is 2.91. The highest BCUT2D eigenvalue weighted by molar-refractivity contribution is 5.53. The van der Waals surface area contributed by atoms with Gasteiger partial charge in [-0.2, -0.15) is 8.78 Å². The normalized spacial score (nSPS) is 11.9. The first-order valence-corrected chi connectivity index (χ1v) is 13.2. The van der Waals surface area contributed by atoms with Gasteiger partial charge in [-0.05, 0) is 46.5 Å². The summed E-state index contributed by atoms with van der Waals surface area (Å²) >= 11 is 2.00. The van der Waals surface area contributed by atoms with Gasteiger partial charge in [-0.25, -0.2) is 8.78 Å². The van der Waals surface area contributed by atoms with Crippen LogP contribution in [-0.4, -0.2) is 0 Å². The van der Waals surface area contributed by atoms with Crippen LogP contribution in [0.1, 0.15) is 55.5 Å². The van der Waals surface area contributed by atoms with Crippen LogP contribution in [0.5, 0.6) is 11.5 Å². The third-order valence-corrected chi connectivity index (χ3v) is 7.94. The molecule has 38 heavy (non-hydrogen) atoms. The molecule has 0 saturated heterocycles. The number of ether oxygens (including phenoxy) is 1. The molecule has 0 aliphatic rings. The summed E-state index contributed by atoms with van der Waals surface area (Å²) in [5.74, 6) is -7.43. The lowest BCUT2D eigenvalue weighted by Crippen LogP contribution is -3.34. The zero-order chi connectivity index (χ0) is 27.8. The van der Waals surface area contributed by atoms with Crippen LogP contribution >= 0.6 is 0 Å². The highest BCUT2D eigenvalue weighted by Gasteiger charge is 2.28. The number of benzene rings is 4. The first-order chi connectivity index (χ1) is 17.9. The Labute approximate surface area is 234 Å². The number of hydrogen-bond donors (Lipinski definition) is 0. The zero-order valence-corrected chi connectivity index (χ0v) is 23.9. The van der Waals surface area contributed by atoms with Gasteiger partial charge in [0.1, 0.15) is 5.75 Å². The van der Waals surface area contributed by atoms with Gasteiger partial charge >= 0.3 is 0 Å². The van der Waals surface area contributed by atoms with Crippen LogP contribution in [-0.2, 0) is 10.8 Å². The highest BCUT2D eigenvalue weighted by Crippen LogP contribution is 2.38. The molecule has 0 spiro atoms. The fourth-order valence-electron chi connectivity index (χ4n) is 4.46. The molecule has 0 aliphatic carbocycles. The van der Waals surface area contributed by atoms with E-state index in [9.17, 15) is 17.6 Å². The molecule has 1 nitrogen and oxygen atoms in total. The lowest BCUT2D eigenvalue weighted by atomic mass is 9.74. The maximum absolute atomic E-state index is 14.4. The summed E-state index contributed by atoms with van der Waals surface area (Å²) in [6, 6.07) is 23.6. The summed E-state index contributed by atoms with van der Waals surface area (Å²) in [7, 11) is 0. The van der Waals surface area contributed by atoms with Crippen LogP contribution in [0, 0.1) is 26.8 Å². The van der Waals surface area contributed by atoms with E-state index >= 15 is 0 Å². The Balaban J connectivity index is 1.57. The van der Waals surface area contributed by atoms with Gasteiger partial charge in [-0.15, -0.1) is 0 Å². The van der Waals surface area contributed by atoms with Gasteiger partial charge < -0.3 is 4.74 Å². The molecule has 0 unspecified atom stereocenters. The standard InChI is InChI=1S/C32H28F4IO/c1-6-25-26(33)28(35)30(29(36)27(25)34)38-24-17-13-22(14-18-24)32(4,5)20-9-7-19(8-10-20)31(2,3)21-11-15-23(37)16-12-21/h6-18,37H,1H2,2-5H3/q+1. The SMILES string of the molecule is C=Cc1c(F)c(F)c(Oc2ccc(C(C)(C)c3ccc(C(C)(C)c4ccc([IH+])cc4)cc3)cc2)c(F)c1F. The molecule has 0 N–H and O–H groups in total. The average molecular weight is 631 g/mol. The maximum atomic E-state index is 14.4. The highest BCUT2D eigenvalue weighted by atomic mass is 127. The molecule has 6 heteroatoms. The molecule has 4 aromatic rings. The molecule has 196 valence electrons. The quantitative estimate of drug-likeness (QED) is 0.143. The summed E-state index contributed by atoms with van der Waals surface area (Å²) in [5.41, 5.74) is 3.00. The summed E-state index contributed by atoms with van der Waals surface area (Å²) < 4.78 is 63.3. The second-order valence-corrected chi connectivity index (χ2v) is 11.5. The van der Waals surface area contributed by atoms with Crippen molar-refractivity contribution in [1.82, 2.24) is 0 Å². The van der Waals surface area contributed by atoms with Crippen LogP contribution in [0.2, 0.25) is 0 Å². The number of rotatable bonds is 7. The van der Waals surface area contributed by atoms with E-state index in [-0.39, 0.29) is 11.2 Å². The van der Waals surface area contributed by atoms with Crippen molar-refractivity contribution in [3.63, 3.8) is 0 Å². The van der Waals surface area contributed by atoms with Crippen molar-refractivity contribution in [2.75, 3.05) is 0 Å². The minimum Gasteiger partial charge on any atom is -0.451 e. The molecular weight excluding hydrogens is 603 g/mol. The van der Waals surface area contributed by atoms with Crippen molar-refractivity contribution in [2.24, 2.45) is 0 Å². The maximum Gasteiger partial charge on any atom is 0.296 e. The second-order valence-electron chi connectivity index (χ2n) is 10.2. The van der Waals surface area contributed by atoms with Crippen LogP contribution in [0.25, 0.3) is 6.08 Å². The lowest BCUT2D eigenvalue weighted by Gasteiger charge is -2.29. The van der Waals surface area contributed by atoms with Gasteiger partial charge in [0.15, 0.2) is 15.2 Å². The van der Waals surface area contributed by atoms with Crippen molar-refractivity contribution < 1.29 is 44.9 Å². The summed E-state index contributed by atoms with van der Waals surface area (Å²) in [6.45, 7) is 11.7. The molecule has 0 aliphatic heterocycles. The number of hydrogen-bond acceptors (Lipinski definition) is 1. The molecule has 0 saturated carbocycles. The fourth-order valence-corrected chi connectivity index (χ4v) is 4.85. The summed E-state index contributed by atoms with van der Waals surface area (Å²) in [6.07, 6.45) is 0.716. The summed E-state index contributed by atoms with van der Waals surface area (Å²) in [5, 5.41) is 0. The van der Waals surface area contributed by atoms with E-state index in [1.54, 1.807) is 12.1 Å². The largest absolute Gasteiger partial charge is 0.451 e. The van der Waals surface area contributed by atoms with E-state index in [4.69, 9.17) is 4.74 Å². The van der Waals surface area contributed by atoms with E-state index < -0.39 is 40.0 Å². The second kappa shape index (κ2) is 10.6. The monoisotopic (exact) mass is 631 g/mol. The Morgan fingerprint density at radius 2 is 0.947 bits per heavy atom. The third-order valence-electron chi connectivity index (χ3n) is 7.16. The van der Waals surface area contributed by atoms with E-state index in [0.29, 0.717) is 6.08 Å². The predicted molar refractivity (Wildman–Crippen MR) is 140 cm³/mol. The van der Waals surface area contributed by atoms with Gasteiger partial charge in [0, 0.05) is 10.8 Å². The van der Waals surface area contributed by atoms with Crippen molar-refractivity contribution in [2.45, 2.75) is 38.5 Å². The molecule has 0 fully saturated rings. The van der Waals surface area contributed by atoms with Crippen LogP contribution < -0.4 is 27.3 Å². The molecule has 0 heterocycles. The smallest absolute Gasteiger partial charge is 0.296 e. The van der Waals surface area contributed by atoms with Gasteiger partial charge in [0.25, 0.3) is 22.6 Å². The van der Waals surface area contributed by atoms with Crippen LogP contribution in [0.4, 0.5) is 17.6 Å². The van der Waals surface area contributed by atoms with Crippen LogP contribution in [0.15, 0.2) is 79.4 Å². The molecule has 0 bridgehead atoms. The Hall–Kier alpha value is -3.13. The number of halogens is 5.